The summed E-state index contributed by atoms with van der Waals surface area (Å²) in [5.41, 5.74) is -1.10. The molecule has 10 heteroatoms. The van der Waals surface area contributed by atoms with Gasteiger partial charge < -0.3 is 9.47 Å². The molecule has 1 saturated carbocycles. The fourth-order valence-corrected chi connectivity index (χ4v) is 7.19. The zero-order chi connectivity index (χ0) is 20.2. The first-order chi connectivity index (χ1) is 11.8. The molecule has 1 aliphatic rings. The van der Waals surface area contributed by atoms with Gasteiger partial charge in [-0.1, -0.05) is 27.7 Å². The van der Waals surface area contributed by atoms with E-state index in [0.29, 0.717) is 26.1 Å². The van der Waals surface area contributed by atoms with Crippen LogP contribution in [0.4, 0.5) is 0 Å². The van der Waals surface area contributed by atoms with Crippen molar-refractivity contribution in [1.29, 1.82) is 0 Å². The summed E-state index contributed by atoms with van der Waals surface area (Å²) in [6.07, 6.45) is 0.823. The van der Waals surface area contributed by atoms with Crippen molar-refractivity contribution in [2.24, 2.45) is 10.8 Å². The Morgan fingerprint density at radius 2 is 1.04 bits per heavy atom. The van der Waals surface area contributed by atoms with Gasteiger partial charge in [0.2, 0.25) is 20.0 Å². The van der Waals surface area contributed by atoms with Gasteiger partial charge in [-0.2, -0.15) is 0 Å². The standard InChI is InChI=1S/C16H34N2O6S2/c1-15(2)13(17-25(19,20)11-7-9-23-5)16(3,4)14(15)18-26(21,22)12-8-10-24-6/h13-14,17-18H,7-12H2,1-6H3. The number of ether oxygens (including phenoxy) is 2. The van der Waals surface area contributed by atoms with Crippen LogP contribution in [0.2, 0.25) is 0 Å². The molecular formula is C16H34N2O6S2. The van der Waals surface area contributed by atoms with Crippen molar-refractivity contribution in [3.63, 3.8) is 0 Å². The second-order valence-electron chi connectivity index (χ2n) is 8.07. The minimum atomic E-state index is -3.46. The molecule has 1 rings (SSSR count). The van der Waals surface area contributed by atoms with E-state index < -0.39 is 30.9 Å². The van der Waals surface area contributed by atoms with Gasteiger partial charge in [-0.3, -0.25) is 0 Å². The Labute approximate surface area is 158 Å². The Balaban J connectivity index is 2.80. The maximum Gasteiger partial charge on any atom is 0.211 e. The van der Waals surface area contributed by atoms with Crippen LogP contribution in [0.15, 0.2) is 0 Å². The first-order valence-corrected chi connectivity index (χ1v) is 12.1. The average Bonchev–Trinajstić information content (AvgIpc) is 2.50. The normalized spacial score (nSPS) is 25.0. The van der Waals surface area contributed by atoms with Crippen LogP contribution in [0.25, 0.3) is 0 Å². The fourth-order valence-electron chi connectivity index (χ4n) is 4.03. The first kappa shape index (κ1) is 23.8. The predicted octanol–water partition coefficient (Wildman–Crippen LogP) is 0.701. The molecule has 8 nitrogen and oxygen atoms in total. The van der Waals surface area contributed by atoms with Crippen molar-refractivity contribution in [3.05, 3.63) is 0 Å². The second-order valence-corrected chi connectivity index (χ2v) is 11.8. The third-order valence-electron chi connectivity index (χ3n) is 5.09. The van der Waals surface area contributed by atoms with Crippen LogP contribution < -0.4 is 9.44 Å². The number of hydrogen-bond donors (Lipinski definition) is 2. The van der Waals surface area contributed by atoms with E-state index in [0.717, 1.165) is 0 Å². The van der Waals surface area contributed by atoms with E-state index in [9.17, 15) is 16.8 Å². The molecule has 1 aliphatic carbocycles. The molecule has 26 heavy (non-hydrogen) atoms. The lowest BCUT2D eigenvalue weighted by molar-refractivity contribution is -0.0683. The van der Waals surface area contributed by atoms with Crippen LogP contribution in [0.3, 0.4) is 0 Å². The average molecular weight is 415 g/mol. The first-order valence-electron chi connectivity index (χ1n) is 8.78. The van der Waals surface area contributed by atoms with Gasteiger partial charge in [-0.15, -0.1) is 0 Å². The highest BCUT2D eigenvalue weighted by molar-refractivity contribution is 7.89. The molecule has 0 radical (unpaired) electrons. The van der Waals surface area contributed by atoms with Crippen LogP contribution in [0.5, 0.6) is 0 Å². The predicted molar refractivity (Wildman–Crippen MR) is 102 cm³/mol. The van der Waals surface area contributed by atoms with Crippen molar-refractivity contribution in [2.75, 3.05) is 38.9 Å². The monoisotopic (exact) mass is 414 g/mol. The van der Waals surface area contributed by atoms with E-state index in [1.807, 2.05) is 27.7 Å². The summed E-state index contributed by atoms with van der Waals surface area (Å²) in [6.45, 7) is 8.27. The second kappa shape index (κ2) is 8.83. The van der Waals surface area contributed by atoms with Crippen LogP contribution in [-0.4, -0.2) is 67.9 Å². The topological polar surface area (TPSA) is 111 Å². The molecule has 156 valence electrons. The van der Waals surface area contributed by atoms with Crippen molar-refractivity contribution in [2.45, 2.75) is 52.6 Å². The Morgan fingerprint density at radius 1 is 0.731 bits per heavy atom. The Morgan fingerprint density at radius 3 is 1.31 bits per heavy atom. The number of hydrogen-bond acceptors (Lipinski definition) is 6. The van der Waals surface area contributed by atoms with E-state index in [1.54, 1.807) is 0 Å². The van der Waals surface area contributed by atoms with Crippen molar-refractivity contribution in [3.8, 4) is 0 Å². The molecule has 0 saturated heterocycles. The molecule has 1 fully saturated rings. The Hall–Kier alpha value is -0.260. The van der Waals surface area contributed by atoms with E-state index >= 15 is 0 Å². The van der Waals surface area contributed by atoms with Gasteiger partial charge >= 0.3 is 0 Å². The molecule has 2 N–H and O–H groups in total. The van der Waals surface area contributed by atoms with Gasteiger partial charge in [0.15, 0.2) is 0 Å². The number of rotatable bonds is 12. The summed E-state index contributed by atoms with van der Waals surface area (Å²) in [5.74, 6) is -0.0339. The summed E-state index contributed by atoms with van der Waals surface area (Å²) in [5, 5.41) is 0. The lowest BCUT2D eigenvalue weighted by Gasteiger charge is -2.63. The lowest BCUT2D eigenvalue weighted by atomic mass is 9.49. The van der Waals surface area contributed by atoms with Gasteiger partial charge in [-0.25, -0.2) is 26.3 Å². The molecule has 0 aromatic carbocycles. The molecular weight excluding hydrogens is 380 g/mol. The van der Waals surface area contributed by atoms with Gasteiger partial charge in [0.25, 0.3) is 0 Å². The highest BCUT2D eigenvalue weighted by atomic mass is 32.2. The largest absolute Gasteiger partial charge is 0.385 e. The van der Waals surface area contributed by atoms with E-state index in [4.69, 9.17) is 9.47 Å². The highest BCUT2D eigenvalue weighted by Gasteiger charge is 2.63. The third-order valence-corrected chi connectivity index (χ3v) is 7.94. The van der Waals surface area contributed by atoms with Crippen molar-refractivity contribution in [1.82, 2.24) is 9.44 Å². The zero-order valence-electron chi connectivity index (χ0n) is 16.7. The zero-order valence-corrected chi connectivity index (χ0v) is 18.3. The smallest absolute Gasteiger partial charge is 0.211 e. The molecule has 0 bridgehead atoms. The highest BCUT2D eigenvalue weighted by Crippen LogP contribution is 2.54. The molecule has 0 amide bonds. The molecule has 0 atom stereocenters. The van der Waals surface area contributed by atoms with Crippen molar-refractivity contribution >= 4 is 20.0 Å². The summed E-state index contributed by atoms with van der Waals surface area (Å²) < 4.78 is 64.6. The number of nitrogens with one attached hydrogen (secondary N) is 2. The van der Waals surface area contributed by atoms with E-state index in [-0.39, 0.29) is 23.6 Å². The van der Waals surface area contributed by atoms with E-state index in [2.05, 4.69) is 9.44 Å². The maximum absolute atomic E-state index is 12.3. The van der Waals surface area contributed by atoms with Crippen molar-refractivity contribution < 1.29 is 26.3 Å². The summed E-state index contributed by atoms with van der Waals surface area (Å²) >= 11 is 0. The third kappa shape index (κ3) is 5.87. The molecule has 0 aromatic rings. The SMILES string of the molecule is COCCCS(=O)(=O)NC1C(C)(C)C(NS(=O)(=O)CCCOC)C1(C)C. The fraction of sp³-hybridized carbons (Fsp3) is 1.00. The maximum atomic E-state index is 12.3. The molecule has 0 aliphatic heterocycles. The van der Waals surface area contributed by atoms with Gasteiger partial charge in [0, 0.05) is 39.5 Å². The van der Waals surface area contributed by atoms with E-state index in [1.165, 1.54) is 14.2 Å². The minimum Gasteiger partial charge on any atom is -0.385 e. The summed E-state index contributed by atoms with van der Waals surface area (Å²) in [7, 11) is -3.87. The Bertz CT molecular complexity index is 588. The molecule has 0 unspecified atom stereocenters. The van der Waals surface area contributed by atoms with Crippen LogP contribution in [0.1, 0.15) is 40.5 Å². The number of sulfonamides is 2. The number of methoxy groups -OCH3 is 2. The summed E-state index contributed by atoms with van der Waals surface area (Å²) in [6, 6.07) is -0.733. The molecule has 0 spiro atoms. The molecule has 0 aromatic heterocycles. The molecule has 0 heterocycles. The van der Waals surface area contributed by atoms with Gasteiger partial charge in [-0.05, 0) is 23.7 Å². The minimum absolute atomic E-state index is 0.0170. The van der Waals surface area contributed by atoms with Crippen LogP contribution in [-0.2, 0) is 29.5 Å². The van der Waals surface area contributed by atoms with Crippen LogP contribution in [0, 0.1) is 10.8 Å². The quantitative estimate of drug-likeness (QED) is 0.455. The van der Waals surface area contributed by atoms with Gasteiger partial charge in [0.1, 0.15) is 0 Å². The van der Waals surface area contributed by atoms with Gasteiger partial charge in [0.05, 0.1) is 11.5 Å². The lowest BCUT2D eigenvalue weighted by Crippen LogP contribution is -2.77. The Kier molecular flexibility index (Phi) is 8.07. The van der Waals surface area contributed by atoms with Crippen LogP contribution >= 0.6 is 0 Å². The summed E-state index contributed by atoms with van der Waals surface area (Å²) in [4.78, 5) is 0.